The number of anilines is 2. The highest BCUT2D eigenvalue weighted by Crippen LogP contribution is 2.36. The molecule has 0 radical (unpaired) electrons. The second kappa shape index (κ2) is 4.69. The van der Waals surface area contributed by atoms with Gasteiger partial charge in [0.05, 0.1) is 16.4 Å². The minimum atomic E-state index is -0.158. The molecule has 1 aromatic rings. The van der Waals surface area contributed by atoms with E-state index < -0.39 is 0 Å². The second-order valence-corrected chi connectivity index (χ2v) is 5.99. The van der Waals surface area contributed by atoms with Crippen molar-refractivity contribution in [1.29, 1.82) is 0 Å². The third-order valence-corrected chi connectivity index (χ3v) is 2.82. The van der Waals surface area contributed by atoms with Gasteiger partial charge in [0.2, 0.25) is 0 Å². The Balaban J connectivity index is 2.20. The Bertz CT molecular complexity index is 481. The Labute approximate surface area is 112 Å². The fraction of sp³-hybridized carbons (Fsp3) is 0.462. The Morgan fingerprint density at radius 2 is 2.17 bits per heavy atom. The predicted molar refractivity (Wildman–Crippen MR) is 73.5 cm³/mol. The molecule has 0 atom stereocenters. The molecule has 0 aromatic heterocycles. The van der Waals surface area contributed by atoms with Crippen LogP contribution in [0, 0.1) is 5.41 Å². The standard InChI is InChI=1S/C13H17ClN2O2/c1-13(2,3)7-15-9-5-11-10(4-8(9)14)16-12(17)6-18-11/h4-5,15H,6-7H2,1-3H3,(H,16,17). The van der Waals surface area contributed by atoms with E-state index in [-0.39, 0.29) is 17.9 Å². The molecule has 0 unspecified atom stereocenters. The van der Waals surface area contributed by atoms with E-state index >= 15 is 0 Å². The number of hydrogen-bond donors (Lipinski definition) is 2. The lowest BCUT2D eigenvalue weighted by Gasteiger charge is -2.23. The van der Waals surface area contributed by atoms with Gasteiger partial charge in [-0.2, -0.15) is 0 Å². The molecular formula is C13H17ClN2O2. The van der Waals surface area contributed by atoms with Crippen LogP contribution >= 0.6 is 11.6 Å². The van der Waals surface area contributed by atoms with E-state index in [4.69, 9.17) is 16.3 Å². The van der Waals surface area contributed by atoms with Crippen molar-refractivity contribution in [2.24, 2.45) is 5.41 Å². The van der Waals surface area contributed by atoms with Crippen LogP contribution in [0.2, 0.25) is 5.02 Å². The summed E-state index contributed by atoms with van der Waals surface area (Å²) in [5, 5.41) is 6.59. The van der Waals surface area contributed by atoms with E-state index in [0.29, 0.717) is 16.5 Å². The van der Waals surface area contributed by atoms with Gasteiger partial charge in [-0.1, -0.05) is 32.4 Å². The molecule has 0 aliphatic carbocycles. The maximum Gasteiger partial charge on any atom is 0.262 e. The van der Waals surface area contributed by atoms with Crippen LogP contribution in [0.5, 0.6) is 5.75 Å². The molecule has 0 bridgehead atoms. The number of fused-ring (bicyclic) bond motifs is 1. The first-order valence-corrected chi connectivity index (χ1v) is 6.23. The number of benzene rings is 1. The van der Waals surface area contributed by atoms with E-state index in [9.17, 15) is 4.79 Å². The van der Waals surface area contributed by atoms with Gasteiger partial charge in [0.1, 0.15) is 5.75 Å². The van der Waals surface area contributed by atoms with Crippen molar-refractivity contribution in [2.45, 2.75) is 20.8 Å². The molecule has 1 heterocycles. The zero-order chi connectivity index (χ0) is 13.3. The number of nitrogens with one attached hydrogen (secondary N) is 2. The van der Waals surface area contributed by atoms with Crippen molar-refractivity contribution in [3.05, 3.63) is 17.2 Å². The average Bonchev–Trinajstić information content (AvgIpc) is 2.25. The SMILES string of the molecule is CC(C)(C)CNc1cc2c(cc1Cl)NC(=O)CO2. The van der Waals surface area contributed by atoms with Gasteiger partial charge in [-0.25, -0.2) is 0 Å². The van der Waals surface area contributed by atoms with Crippen LogP contribution in [0.3, 0.4) is 0 Å². The topological polar surface area (TPSA) is 50.4 Å². The van der Waals surface area contributed by atoms with Gasteiger partial charge in [-0.05, 0) is 11.5 Å². The highest BCUT2D eigenvalue weighted by Gasteiger charge is 2.19. The lowest BCUT2D eigenvalue weighted by molar-refractivity contribution is -0.118. The third-order valence-electron chi connectivity index (χ3n) is 2.51. The van der Waals surface area contributed by atoms with Crippen molar-refractivity contribution in [3.8, 4) is 5.75 Å². The van der Waals surface area contributed by atoms with Crippen molar-refractivity contribution >= 4 is 28.9 Å². The van der Waals surface area contributed by atoms with Gasteiger partial charge in [0.15, 0.2) is 6.61 Å². The molecule has 2 N–H and O–H groups in total. The zero-order valence-electron chi connectivity index (χ0n) is 10.8. The van der Waals surface area contributed by atoms with Gasteiger partial charge in [-0.15, -0.1) is 0 Å². The monoisotopic (exact) mass is 268 g/mol. The first-order chi connectivity index (χ1) is 8.35. The lowest BCUT2D eigenvalue weighted by Crippen LogP contribution is -2.25. The summed E-state index contributed by atoms with van der Waals surface area (Å²) in [7, 11) is 0. The molecular weight excluding hydrogens is 252 g/mol. The lowest BCUT2D eigenvalue weighted by atomic mass is 9.97. The van der Waals surface area contributed by atoms with Crippen LogP contribution in [-0.4, -0.2) is 19.1 Å². The van der Waals surface area contributed by atoms with Crippen molar-refractivity contribution in [2.75, 3.05) is 23.8 Å². The van der Waals surface area contributed by atoms with E-state index in [1.165, 1.54) is 0 Å². The van der Waals surface area contributed by atoms with E-state index in [1.54, 1.807) is 6.07 Å². The highest BCUT2D eigenvalue weighted by molar-refractivity contribution is 6.33. The second-order valence-electron chi connectivity index (χ2n) is 5.58. The number of rotatable bonds is 2. The predicted octanol–water partition coefficient (Wildman–Crippen LogP) is 3.13. The molecule has 0 fully saturated rings. The molecule has 5 heteroatoms. The van der Waals surface area contributed by atoms with E-state index in [2.05, 4.69) is 31.4 Å². The summed E-state index contributed by atoms with van der Waals surface area (Å²) < 4.78 is 5.35. The summed E-state index contributed by atoms with van der Waals surface area (Å²) in [6.45, 7) is 7.28. The molecule has 4 nitrogen and oxygen atoms in total. The average molecular weight is 269 g/mol. The molecule has 0 saturated carbocycles. The summed E-state index contributed by atoms with van der Waals surface area (Å²) in [5.41, 5.74) is 1.60. The zero-order valence-corrected chi connectivity index (χ0v) is 11.5. The minimum Gasteiger partial charge on any atom is -0.482 e. The van der Waals surface area contributed by atoms with Crippen molar-refractivity contribution in [1.82, 2.24) is 0 Å². The van der Waals surface area contributed by atoms with Gasteiger partial charge in [0.25, 0.3) is 5.91 Å². The number of halogens is 1. The molecule has 98 valence electrons. The molecule has 0 spiro atoms. The van der Waals surface area contributed by atoms with Crippen molar-refractivity contribution < 1.29 is 9.53 Å². The summed E-state index contributed by atoms with van der Waals surface area (Å²) in [5.74, 6) is 0.490. The molecule has 18 heavy (non-hydrogen) atoms. The Morgan fingerprint density at radius 1 is 1.44 bits per heavy atom. The van der Waals surface area contributed by atoms with Crippen molar-refractivity contribution in [3.63, 3.8) is 0 Å². The molecule has 1 aliphatic rings. The normalized spacial score (nSPS) is 14.6. The number of amides is 1. The van der Waals surface area contributed by atoms with Gasteiger partial charge < -0.3 is 15.4 Å². The molecule has 2 rings (SSSR count). The minimum absolute atomic E-state index is 0.0490. The fourth-order valence-electron chi connectivity index (χ4n) is 1.60. The summed E-state index contributed by atoms with van der Waals surface area (Å²) >= 11 is 6.17. The van der Waals surface area contributed by atoms with E-state index in [0.717, 1.165) is 12.2 Å². The fourth-order valence-corrected chi connectivity index (χ4v) is 1.83. The number of ether oxygens (including phenoxy) is 1. The Morgan fingerprint density at radius 3 is 2.83 bits per heavy atom. The first kappa shape index (κ1) is 13.0. The first-order valence-electron chi connectivity index (χ1n) is 5.85. The van der Waals surface area contributed by atoms with Gasteiger partial charge in [-0.3, -0.25) is 4.79 Å². The third kappa shape index (κ3) is 3.07. The highest BCUT2D eigenvalue weighted by atomic mass is 35.5. The van der Waals surface area contributed by atoms with Crippen LogP contribution in [-0.2, 0) is 4.79 Å². The largest absolute Gasteiger partial charge is 0.482 e. The molecule has 1 aromatic carbocycles. The number of carbonyl (C=O) groups excluding carboxylic acids is 1. The Kier molecular flexibility index (Phi) is 3.39. The van der Waals surface area contributed by atoms with Crippen LogP contribution in [0.15, 0.2) is 12.1 Å². The van der Waals surface area contributed by atoms with Crippen LogP contribution in [0.1, 0.15) is 20.8 Å². The maximum absolute atomic E-state index is 11.2. The van der Waals surface area contributed by atoms with Crippen LogP contribution in [0.4, 0.5) is 11.4 Å². The van der Waals surface area contributed by atoms with Crippen LogP contribution in [0.25, 0.3) is 0 Å². The summed E-state index contributed by atoms with van der Waals surface area (Å²) in [4.78, 5) is 11.2. The summed E-state index contributed by atoms with van der Waals surface area (Å²) in [6.07, 6.45) is 0. The van der Waals surface area contributed by atoms with E-state index in [1.807, 2.05) is 6.07 Å². The summed E-state index contributed by atoms with van der Waals surface area (Å²) in [6, 6.07) is 3.53. The maximum atomic E-state index is 11.2. The number of carbonyl (C=O) groups is 1. The smallest absolute Gasteiger partial charge is 0.262 e. The number of hydrogen-bond acceptors (Lipinski definition) is 3. The quantitative estimate of drug-likeness (QED) is 0.866. The van der Waals surface area contributed by atoms with Crippen LogP contribution < -0.4 is 15.4 Å². The Hall–Kier alpha value is -1.42. The molecule has 1 amide bonds. The van der Waals surface area contributed by atoms with Gasteiger partial charge >= 0.3 is 0 Å². The molecule has 0 saturated heterocycles. The van der Waals surface area contributed by atoms with Gasteiger partial charge in [0, 0.05) is 12.6 Å². The molecule has 1 aliphatic heterocycles.